The van der Waals surface area contributed by atoms with E-state index in [1.165, 1.54) is 12.4 Å². The second kappa shape index (κ2) is 5.23. The lowest BCUT2D eigenvalue weighted by atomic mass is 10.2. The van der Waals surface area contributed by atoms with Crippen LogP contribution < -0.4 is 11.1 Å². The standard InChI is InChI=1S/C8H13N5O/c1-6(9)2-3-7(14)12-8-10-4-5-11-13-8/h4-6H,2-3,9H2,1H3,(H,10,12,13,14). The molecule has 6 heteroatoms. The van der Waals surface area contributed by atoms with Gasteiger partial charge in [-0.25, -0.2) is 4.98 Å². The van der Waals surface area contributed by atoms with Crippen molar-refractivity contribution >= 4 is 11.9 Å². The predicted molar refractivity (Wildman–Crippen MR) is 51.3 cm³/mol. The molecule has 1 rings (SSSR count). The first-order valence-corrected chi connectivity index (χ1v) is 4.37. The minimum Gasteiger partial charge on any atom is -0.328 e. The van der Waals surface area contributed by atoms with Gasteiger partial charge in [0.2, 0.25) is 11.9 Å². The third-order valence-corrected chi connectivity index (χ3v) is 1.56. The molecule has 0 aromatic carbocycles. The summed E-state index contributed by atoms with van der Waals surface area (Å²) >= 11 is 0. The lowest BCUT2D eigenvalue weighted by Gasteiger charge is -2.04. The Hall–Kier alpha value is -1.56. The third-order valence-electron chi connectivity index (χ3n) is 1.56. The zero-order valence-corrected chi connectivity index (χ0v) is 7.97. The Morgan fingerprint density at radius 1 is 1.64 bits per heavy atom. The number of hydrogen-bond acceptors (Lipinski definition) is 5. The molecule has 1 unspecified atom stereocenters. The summed E-state index contributed by atoms with van der Waals surface area (Å²) in [6.07, 6.45) is 3.92. The van der Waals surface area contributed by atoms with Crippen LogP contribution in [0.15, 0.2) is 12.4 Å². The fraction of sp³-hybridized carbons (Fsp3) is 0.500. The Labute approximate surface area is 81.9 Å². The van der Waals surface area contributed by atoms with Gasteiger partial charge in [-0.05, 0) is 13.3 Å². The molecule has 1 heterocycles. The van der Waals surface area contributed by atoms with Gasteiger partial charge in [0.1, 0.15) is 0 Å². The molecule has 0 saturated carbocycles. The third kappa shape index (κ3) is 3.90. The number of aromatic nitrogens is 3. The molecule has 1 aromatic rings. The maximum atomic E-state index is 11.2. The van der Waals surface area contributed by atoms with E-state index >= 15 is 0 Å². The lowest BCUT2D eigenvalue weighted by Crippen LogP contribution is -2.20. The molecule has 0 bridgehead atoms. The van der Waals surface area contributed by atoms with Crippen LogP contribution in [-0.2, 0) is 4.79 Å². The van der Waals surface area contributed by atoms with Crippen LogP contribution in [0, 0.1) is 0 Å². The maximum absolute atomic E-state index is 11.2. The van der Waals surface area contributed by atoms with Crippen molar-refractivity contribution in [3.63, 3.8) is 0 Å². The SMILES string of the molecule is CC(N)CCC(=O)Nc1nccnn1. The van der Waals surface area contributed by atoms with E-state index in [0.717, 1.165) is 0 Å². The van der Waals surface area contributed by atoms with Gasteiger partial charge in [0.25, 0.3) is 0 Å². The number of carbonyl (C=O) groups excluding carboxylic acids is 1. The van der Waals surface area contributed by atoms with Gasteiger partial charge in [-0.1, -0.05) is 0 Å². The summed E-state index contributed by atoms with van der Waals surface area (Å²) in [5, 5.41) is 9.72. The van der Waals surface area contributed by atoms with Crippen LogP contribution in [0.3, 0.4) is 0 Å². The number of rotatable bonds is 4. The highest BCUT2D eigenvalue weighted by molar-refractivity contribution is 5.88. The maximum Gasteiger partial charge on any atom is 0.249 e. The van der Waals surface area contributed by atoms with Gasteiger partial charge >= 0.3 is 0 Å². The Morgan fingerprint density at radius 3 is 3.00 bits per heavy atom. The van der Waals surface area contributed by atoms with Crippen LogP contribution in [0.2, 0.25) is 0 Å². The molecule has 1 aromatic heterocycles. The normalized spacial score (nSPS) is 12.1. The zero-order valence-electron chi connectivity index (χ0n) is 7.97. The zero-order chi connectivity index (χ0) is 10.4. The molecule has 0 aliphatic carbocycles. The molecule has 1 atom stereocenters. The van der Waals surface area contributed by atoms with Crippen molar-refractivity contribution in [2.75, 3.05) is 5.32 Å². The van der Waals surface area contributed by atoms with E-state index in [9.17, 15) is 4.79 Å². The summed E-state index contributed by atoms with van der Waals surface area (Å²) in [4.78, 5) is 15.1. The van der Waals surface area contributed by atoms with E-state index in [1.807, 2.05) is 6.92 Å². The number of nitrogens with one attached hydrogen (secondary N) is 1. The van der Waals surface area contributed by atoms with Crippen LogP contribution in [0.5, 0.6) is 0 Å². The Morgan fingerprint density at radius 2 is 2.43 bits per heavy atom. The molecule has 0 radical (unpaired) electrons. The average molecular weight is 195 g/mol. The molecule has 0 saturated heterocycles. The molecule has 0 aliphatic rings. The molecule has 0 fully saturated rings. The predicted octanol–water partition coefficient (Wildman–Crippen LogP) is -0.0625. The summed E-state index contributed by atoms with van der Waals surface area (Å²) in [6, 6.07) is 0.0237. The summed E-state index contributed by atoms with van der Waals surface area (Å²) in [7, 11) is 0. The van der Waals surface area contributed by atoms with Crippen molar-refractivity contribution in [2.24, 2.45) is 5.73 Å². The first-order valence-electron chi connectivity index (χ1n) is 4.37. The van der Waals surface area contributed by atoms with Crippen molar-refractivity contribution in [3.8, 4) is 0 Å². The molecule has 0 aliphatic heterocycles. The van der Waals surface area contributed by atoms with Gasteiger partial charge < -0.3 is 5.73 Å². The fourth-order valence-electron chi connectivity index (χ4n) is 0.851. The van der Waals surface area contributed by atoms with E-state index in [2.05, 4.69) is 20.5 Å². The Balaban J connectivity index is 2.35. The number of nitrogens with zero attached hydrogens (tertiary/aromatic N) is 3. The first kappa shape index (κ1) is 10.5. The van der Waals surface area contributed by atoms with Gasteiger partial charge in [0, 0.05) is 12.5 Å². The van der Waals surface area contributed by atoms with E-state index < -0.39 is 0 Å². The van der Waals surface area contributed by atoms with Crippen molar-refractivity contribution in [2.45, 2.75) is 25.8 Å². The fourth-order valence-corrected chi connectivity index (χ4v) is 0.851. The average Bonchev–Trinajstić information content (AvgIpc) is 2.16. The largest absolute Gasteiger partial charge is 0.328 e. The molecular formula is C8H13N5O. The van der Waals surface area contributed by atoms with Crippen molar-refractivity contribution in [1.82, 2.24) is 15.2 Å². The lowest BCUT2D eigenvalue weighted by molar-refractivity contribution is -0.116. The van der Waals surface area contributed by atoms with Crippen molar-refractivity contribution in [1.29, 1.82) is 0 Å². The van der Waals surface area contributed by atoms with Gasteiger partial charge in [0.05, 0.1) is 12.4 Å². The van der Waals surface area contributed by atoms with Crippen molar-refractivity contribution in [3.05, 3.63) is 12.4 Å². The molecule has 3 N–H and O–H groups in total. The highest BCUT2D eigenvalue weighted by Gasteiger charge is 2.05. The number of hydrogen-bond donors (Lipinski definition) is 2. The molecule has 14 heavy (non-hydrogen) atoms. The van der Waals surface area contributed by atoms with E-state index in [1.54, 1.807) is 0 Å². The van der Waals surface area contributed by atoms with Gasteiger partial charge in [0.15, 0.2) is 0 Å². The molecule has 1 amide bonds. The summed E-state index contributed by atoms with van der Waals surface area (Å²) in [6.45, 7) is 1.86. The summed E-state index contributed by atoms with van der Waals surface area (Å²) < 4.78 is 0. The number of carbonyl (C=O) groups is 1. The summed E-state index contributed by atoms with van der Waals surface area (Å²) in [5.41, 5.74) is 5.51. The molecule has 0 spiro atoms. The van der Waals surface area contributed by atoms with Gasteiger partial charge in [-0.2, -0.15) is 5.10 Å². The number of nitrogens with two attached hydrogens (primary N) is 1. The molecular weight excluding hydrogens is 182 g/mol. The Bertz CT molecular complexity index is 287. The highest BCUT2D eigenvalue weighted by Crippen LogP contribution is 1.98. The smallest absolute Gasteiger partial charge is 0.249 e. The van der Waals surface area contributed by atoms with Crippen LogP contribution in [0.1, 0.15) is 19.8 Å². The highest BCUT2D eigenvalue weighted by atomic mass is 16.1. The summed E-state index contributed by atoms with van der Waals surface area (Å²) in [5.74, 6) is 0.0810. The Kier molecular flexibility index (Phi) is 3.93. The van der Waals surface area contributed by atoms with E-state index in [0.29, 0.717) is 12.8 Å². The van der Waals surface area contributed by atoms with Crippen molar-refractivity contribution < 1.29 is 4.79 Å². The first-order chi connectivity index (χ1) is 6.68. The minimum atomic E-state index is -0.143. The van der Waals surface area contributed by atoms with Gasteiger partial charge in [-0.15, -0.1) is 5.10 Å². The minimum absolute atomic E-state index is 0.0237. The van der Waals surface area contributed by atoms with E-state index in [-0.39, 0.29) is 17.9 Å². The van der Waals surface area contributed by atoms with Crippen LogP contribution in [0.25, 0.3) is 0 Å². The number of anilines is 1. The monoisotopic (exact) mass is 195 g/mol. The molecule has 6 nitrogen and oxygen atoms in total. The topological polar surface area (TPSA) is 93.8 Å². The second-order valence-electron chi connectivity index (χ2n) is 3.03. The van der Waals surface area contributed by atoms with Crippen LogP contribution >= 0.6 is 0 Å². The van der Waals surface area contributed by atoms with Crippen LogP contribution in [0.4, 0.5) is 5.95 Å². The quantitative estimate of drug-likeness (QED) is 0.701. The second-order valence-corrected chi connectivity index (χ2v) is 3.03. The van der Waals surface area contributed by atoms with Crippen LogP contribution in [-0.4, -0.2) is 27.1 Å². The van der Waals surface area contributed by atoms with E-state index in [4.69, 9.17) is 5.73 Å². The van der Waals surface area contributed by atoms with Gasteiger partial charge in [-0.3, -0.25) is 10.1 Å². The molecule has 76 valence electrons. The number of amides is 1.